The summed E-state index contributed by atoms with van der Waals surface area (Å²) in [5.41, 5.74) is 0. The minimum Gasteiger partial charge on any atom is -0.315 e. The molecule has 0 aromatic heterocycles. The van der Waals surface area contributed by atoms with Gasteiger partial charge in [0.05, 0.1) is 0 Å². The topological polar surface area (TPSA) is 49.4 Å². The van der Waals surface area contributed by atoms with Crippen molar-refractivity contribution in [2.75, 3.05) is 0 Å². The van der Waals surface area contributed by atoms with Crippen LogP contribution in [0.2, 0.25) is 19.6 Å². The van der Waals surface area contributed by atoms with Crippen molar-refractivity contribution in [3.8, 4) is 0 Å². The van der Waals surface area contributed by atoms with Crippen LogP contribution >= 0.6 is 23.2 Å². The molecule has 1 rings (SSSR count). The number of nitrogens with zero attached hydrogens (tertiary/aromatic N) is 1. The number of halogens is 2. The molecule has 0 atom stereocenters. The van der Waals surface area contributed by atoms with Crippen LogP contribution in [0.15, 0.2) is 0 Å². The molecule has 1 aliphatic rings. The molecule has 7 heteroatoms. The van der Waals surface area contributed by atoms with Gasteiger partial charge in [-0.05, 0) is 0 Å². The molecule has 0 unspecified atom stereocenters. The standard InChI is InChI=1S/C6H10Cl2N2O2Si/c1-13(2,3)10-5(12)4(11)9-6(10,7)8/h1-3H3,(H,9,11). The van der Waals surface area contributed by atoms with Crippen molar-refractivity contribution < 1.29 is 9.59 Å². The van der Waals surface area contributed by atoms with E-state index >= 15 is 0 Å². The summed E-state index contributed by atoms with van der Waals surface area (Å²) >= 11 is 11.6. The monoisotopic (exact) mass is 240 g/mol. The van der Waals surface area contributed by atoms with E-state index in [4.69, 9.17) is 23.2 Å². The second-order valence-corrected chi connectivity index (χ2v) is 9.88. The van der Waals surface area contributed by atoms with Gasteiger partial charge in [-0.25, -0.2) is 0 Å². The van der Waals surface area contributed by atoms with Crippen LogP contribution in [0.5, 0.6) is 0 Å². The molecule has 0 saturated carbocycles. The first kappa shape index (κ1) is 10.8. The van der Waals surface area contributed by atoms with Crippen LogP contribution in [0.3, 0.4) is 0 Å². The lowest BCUT2D eigenvalue weighted by Gasteiger charge is -2.35. The number of hydrogen-bond acceptors (Lipinski definition) is 2. The van der Waals surface area contributed by atoms with Gasteiger partial charge in [-0.1, -0.05) is 42.8 Å². The largest absolute Gasteiger partial charge is 0.315 e. The van der Waals surface area contributed by atoms with E-state index in [2.05, 4.69) is 5.32 Å². The molecular formula is C6H10Cl2N2O2Si. The Morgan fingerprint density at radius 2 is 1.77 bits per heavy atom. The van der Waals surface area contributed by atoms with Crippen molar-refractivity contribution in [2.45, 2.75) is 24.2 Å². The molecule has 1 saturated heterocycles. The zero-order valence-corrected chi connectivity index (χ0v) is 10.0. The molecule has 1 heterocycles. The first-order valence-electron chi connectivity index (χ1n) is 3.71. The van der Waals surface area contributed by atoms with E-state index in [1.165, 1.54) is 4.57 Å². The highest BCUT2D eigenvalue weighted by molar-refractivity contribution is 6.80. The van der Waals surface area contributed by atoms with E-state index in [0.717, 1.165) is 0 Å². The number of nitrogens with one attached hydrogen (secondary N) is 1. The van der Waals surface area contributed by atoms with Gasteiger partial charge in [-0.15, -0.1) is 0 Å². The van der Waals surface area contributed by atoms with Crippen LogP contribution in [0, 0.1) is 0 Å². The minimum absolute atomic E-state index is 0.649. The van der Waals surface area contributed by atoms with E-state index in [0.29, 0.717) is 0 Å². The van der Waals surface area contributed by atoms with Crippen LogP contribution in [0.1, 0.15) is 0 Å². The van der Waals surface area contributed by atoms with Crippen molar-refractivity contribution in [2.24, 2.45) is 0 Å². The Hall–Kier alpha value is -0.263. The third-order valence-electron chi connectivity index (χ3n) is 1.61. The summed E-state index contributed by atoms with van der Waals surface area (Å²) in [5.74, 6) is -1.39. The maximum atomic E-state index is 11.3. The Kier molecular flexibility index (Phi) is 2.38. The highest BCUT2D eigenvalue weighted by atomic mass is 35.5. The van der Waals surface area contributed by atoms with Gasteiger partial charge in [-0.3, -0.25) is 14.9 Å². The van der Waals surface area contributed by atoms with Gasteiger partial charge in [0.25, 0.3) is 4.58 Å². The van der Waals surface area contributed by atoms with Gasteiger partial charge in [0.1, 0.15) is 0 Å². The maximum absolute atomic E-state index is 11.3. The zero-order valence-electron chi connectivity index (χ0n) is 7.52. The molecule has 0 radical (unpaired) electrons. The average Bonchev–Trinajstić information content (AvgIpc) is 1.99. The second kappa shape index (κ2) is 2.86. The summed E-state index contributed by atoms with van der Waals surface area (Å²) in [4.78, 5) is 22.3. The molecule has 74 valence electrons. The second-order valence-electron chi connectivity index (χ2n) is 3.81. The van der Waals surface area contributed by atoms with Crippen LogP contribution in [-0.2, 0) is 9.59 Å². The van der Waals surface area contributed by atoms with Crippen LogP contribution < -0.4 is 5.32 Å². The number of carbonyl (C=O) groups is 2. The van der Waals surface area contributed by atoms with Crippen LogP contribution in [0.25, 0.3) is 0 Å². The summed E-state index contributed by atoms with van der Waals surface area (Å²) in [7, 11) is -2.03. The molecule has 0 aromatic carbocycles. The van der Waals surface area contributed by atoms with Gasteiger partial charge in [0.2, 0.25) is 0 Å². The van der Waals surface area contributed by atoms with E-state index in [-0.39, 0.29) is 0 Å². The number of rotatable bonds is 1. The molecule has 0 bridgehead atoms. The molecule has 0 spiro atoms. The fourth-order valence-corrected chi connectivity index (χ4v) is 4.66. The third kappa shape index (κ3) is 1.82. The van der Waals surface area contributed by atoms with E-state index in [1.807, 2.05) is 19.6 Å². The van der Waals surface area contributed by atoms with E-state index in [1.54, 1.807) is 0 Å². The first-order chi connectivity index (χ1) is 5.66. The quantitative estimate of drug-likeness (QED) is 0.320. The molecule has 1 fully saturated rings. The summed E-state index contributed by atoms with van der Waals surface area (Å²) in [5, 5.41) is 2.20. The van der Waals surface area contributed by atoms with Crippen molar-refractivity contribution in [1.29, 1.82) is 0 Å². The smallest absolute Gasteiger partial charge is 0.312 e. The minimum atomic E-state index is -2.03. The van der Waals surface area contributed by atoms with Crippen LogP contribution in [-0.4, -0.2) is 29.2 Å². The van der Waals surface area contributed by atoms with Crippen molar-refractivity contribution >= 4 is 43.3 Å². The van der Waals surface area contributed by atoms with Gasteiger partial charge < -0.3 is 4.57 Å². The van der Waals surface area contributed by atoms with Crippen molar-refractivity contribution in [3.63, 3.8) is 0 Å². The Morgan fingerprint density at radius 1 is 1.31 bits per heavy atom. The predicted molar refractivity (Wildman–Crippen MR) is 52.8 cm³/mol. The van der Waals surface area contributed by atoms with Crippen LogP contribution in [0.4, 0.5) is 0 Å². The summed E-state index contributed by atoms with van der Waals surface area (Å²) in [6.07, 6.45) is 0. The Morgan fingerprint density at radius 3 is 1.92 bits per heavy atom. The first-order valence-corrected chi connectivity index (χ1v) is 7.91. The Bertz CT molecular complexity index is 274. The predicted octanol–water partition coefficient (Wildman–Crippen LogP) is 0.869. The highest BCUT2D eigenvalue weighted by Gasteiger charge is 2.53. The van der Waals surface area contributed by atoms with Crippen molar-refractivity contribution in [1.82, 2.24) is 9.88 Å². The van der Waals surface area contributed by atoms with Gasteiger partial charge in [0, 0.05) is 0 Å². The van der Waals surface area contributed by atoms with Gasteiger partial charge in [-0.2, -0.15) is 0 Å². The van der Waals surface area contributed by atoms with E-state index in [9.17, 15) is 9.59 Å². The number of hydrogen-bond donors (Lipinski definition) is 1. The summed E-state index contributed by atoms with van der Waals surface area (Å²) in [6.45, 7) is 5.64. The molecule has 0 aliphatic carbocycles. The Balaban J connectivity index is 3.08. The lowest BCUT2D eigenvalue weighted by Crippen LogP contribution is -2.55. The molecule has 1 N–H and O–H groups in total. The third-order valence-corrected chi connectivity index (χ3v) is 4.30. The molecule has 0 aromatic rings. The maximum Gasteiger partial charge on any atom is 0.312 e. The lowest BCUT2D eigenvalue weighted by atomic mass is 10.6. The number of alkyl halides is 2. The molecule has 2 amide bonds. The van der Waals surface area contributed by atoms with E-state index < -0.39 is 24.6 Å². The average molecular weight is 241 g/mol. The molecule has 4 nitrogen and oxygen atoms in total. The Labute approximate surface area is 87.3 Å². The molecule has 13 heavy (non-hydrogen) atoms. The zero-order chi connectivity index (χ0) is 10.4. The fourth-order valence-electron chi connectivity index (χ4n) is 1.20. The number of carbonyl (C=O) groups excluding carboxylic acids is 2. The highest BCUT2D eigenvalue weighted by Crippen LogP contribution is 2.32. The fraction of sp³-hybridized carbons (Fsp3) is 0.667. The van der Waals surface area contributed by atoms with Crippen molar-refractivity contribution in [3.05, 3.63) is 0 Å². The van der Waals surface area contributed by atoms with Gasteiger partial charge >= 0.3 is 11.8 Å². The summed E-state index contributed by atoms with van der Waals surface area (Å²) < 4.78 is -0.329. The normalized spacial score (nSPS) is 22.1. The molecule has 1 aliphatic heterocycles. The SMILES string of the molecule is C[Si](C)(C)N1C(=O)C(=O)NC1(Cl)Cl. The summed E-state index contributed by atoms with van der Waals surface area (Å²) in [6, 6.07) is 0. The number of amides is 2. The molecular weight excluding hydrogens is 231 g/mol. The van der Waals surface area contributed by atoms with Gasteiger partial charge in [0.15, 0.2) is 8.24 Å². The lowest BCUT2D eigenvalue weighted by molar-refractivity contribution is -0.138.